The minimum absolute atomic E-state index is 0.00400. The van der Waals surface area contributed by atoms with Gasteiger partial charge in [-0.2, -0.15) is 0 Å². The van der Waals surface area contributed by atoms with Crippen molar-refractivity contribution < 1.29 is 4.79 Å². The molecule has 0 saturated carbocycles. The predicted octanol–water partition coefficient (Wildman–Crippen LogP) is 3.21. The second kappa shape index (κ2) is 7.00. The molecule has 0 aromatic carbocycles. The molecule has 1 amide bonds. The highest BCUT2D eigenvalue weighted by Gasteiger charge is 2.22. The number of carbonyl (C=O) groups excluding carboxylic acids is 1. The molecule has 0 spiro atoms. The van der Waals surface area contributed by atoms with E-state index in [4.69, 9.17) is 0 Å². The summed E-state index contributed by atoms with van der Waals surface area (Å²) in [4.78, 5) is 25.5. The van der Waals surface area contributed by atoms with E-state index in [1.807, 2.05) is 29.4 Å². The molecule has 6 heteroatoms. The maximum atomic E-state index is 11.9. The van der Waals surface area contributed by atoms with Crippen molar-refractivity contribution in [3.63, 3.8) is 0 Å². The molecule has 6 nitrogen and oxygen atoms in total. The third kappa shape index (κ3) is 3.18. The maximum absolute atomic E-state index is 11.9. The van der Waals surface area contributed by atoms with Crippen molar-refractivity contribution in [1.82, 2.24) is 19.9 Å². The van der Waals surface area contributed by atoms with Crippen LogP contribution in [0.4, 0.5) is 5.69 Å². The highest BCUT2D eigenvalue weighted by molar-refractivity contribution is 5.95. The number of piperidine rings is 1. The molecule has 1 atom stereocenters. The summed E-state index contributed by atoms with van der Waals surface area (Å²) in [5.41, 5.74) is 4.02. The van der Waals surface area contributed by atoms with Crippen molar-refractivity contribution in [2.75, 3.05) is 18.4 Å². The lowest BCUT2D eigenvalue weighted by atomic mass is 10.0. The average molecular weight is 347 g/mol. The quantitative estimate of drug-likeness (QED) is 0.711. The standard InChI is InChI=1S/C20H21N5O/c1-2-19(26)25-9-3-4-15(13-25)24-16-10-17-18(12-23-20(17)22-11-16)14-5-7-21-8-6-14/h2,5-8,10-12,15,24H,1,3-4,9,13H2,(H,22,23)/t15-/m1/s1. The Balaban J connectivity index is 1.58. The molecule has 0 unspecified atom stereocenters. The fraction of sp³-hybridized carbons (Fsp3) is 0.250. The molecule has 1 aliphatic heterocycles. The molecule has 4 heterocycles. The molecule has 132 valence electrons. The van der Waals surface area contributed by atoms with Crippen molar-refractivity contribution in [1.29, 1.82) is 0 Å². The van der Waals surface area contributed by atoms with Crippen molar-refractivity contribution >= 4 is 22.6 Å². The van der Waals surface area contributed by atoms with E-state index >= 15 is 0 Å². The minimum atomic E-state index is -0.00400. The van der Waals surface area contributed by atoms with E-state index in [-0.39, 0.29) is 11.9 Å². The van der Waals surface area contributed by atoms with Crippen LogP contribution in [0.1, 0.15) is 12.8 Å². The summed E-state index contributed by atoms with van der Waals surface area (Å²) in [7, 11) is 0. The number of likely N-dealkylation sites (tertiary alicyclic amines) is 1. The second-order valence-electron chi connectivity index (χ2n) is 6.53. The molecule has 0 radical (unpaired) electrons. The third-order valence-corrected chi connectivity index (χ3v) is 4.80. The fourth-order valence-electron chi connectivity index (χ4n) is 3.51. The molecular weight excluding hydrogens is 326 g/mol. The van der Waals surface area contributed by atoms with Crippen LogP contribution in [0.2, 0.25) is 0 Å². The SMILES string of the molecule is C=CC(=O)N1CCC[C@@H](Nc2cnc3[nH]cc(-c4ccncc4)c3c2)C1. The van der Waals surface area contributed by atoms with Crippen LogP contribution in [0.3, 0.4) is 0 Å². The number of nitrogens with one attached hydrogen (secondary N) is 2. The molecule has 26 heavy (non-hydrogen) atoms. The van der Waals surface area contributed by atoms with Gasteiger partial charge in [0.05, 0.1) is 11.9 Å². The van der Waals surface area contributed by atoms with Crippen LogP contribution >= 0.6 is 0 Å². The van der Waals surface area contributed by atoms with Crippen molar-refractivity contribution in [2.24, 2.45) is 0 Å². The molecule has 2 N–H and O–H groups in total. The Labute approximate surface area is 152 Å². The number of hydrogen-bond acceptors (Lipinski definition) is 4. The molecule has 4 rings (SSSR count). The Morgan fingerprint density at radius 1 is 1.38 bits per heavy atom. The number of pyridine rings is 2. The molecule has 3 aromatic rings. The number of fused-ring (bicyclic) bond motifs is 1. The number of anilines is 1. The first-order valence-electron chi connectivity index (χ1n) is 8.80. The number of amides is 1. The number of H-pyrrole nitrogens is 1. The fourth-order valence-corrected chi connectivity index (χ4v) is 3.51. The van der Waals surface area contributed by atoms with Gasteiger partial charge in [0.25, 0.3) is 0 Å². The lowest BCUT2D eigenvalue weighted by Crippen LogP contribution is -2.44. The first kappa shape index (κ1) is 16.3. The Kier molecular flexibility index (Phi) is 4.39. The molecule has 1 fully saturated rings. The minimum Gasteiger partial charge on any atom is -0.379 e. The number of aromatic nitrogens is 3. The normalized spacial score (nSPS) is 17.2. The molecule has 1 aliphatic rings. The van der Waals surface area contributed by atoms with Crippen LogP contribution in [-0.2, 0) is 4.79 Å². The van der Waals surface area contributed by atoms with Gasteiger partial charge >= 0.3 is 0 Å². The van der Waals surface area contributed by atoms with E-state index in [2.05, 4.69) is 32.9 Å². The van der Waals surface area contributed by atoms with Crippen LogP contribution in [0.5, 0.6) is 0 Å². The van der Waals surface area contributed by atoms with Gasteiger partial charge in [-0.05, 0) is 42.7 Å². The summed E-state index contributed by atoms with van der Waals surface area (Å²) >= 11 is 0. The van der Waals surface area contributed by atoms with Gasteiger partial charge in [0.2, 0.25) is 5.91 Å². The topological polar surface area (TPSA) is 73.9 Å². The Morgan fingerprint density at radius 3 is 3.04 bits per heavy atom. The summed E-state index contributed by atoms with van der Waals surface area (Å²) < 4.78 is 0. The Hall–Kier alpha value is -3.15. The van der Waals surface area contributed by atoms with E-state index in [0.29, 0.717) is 6.54 Å². The van der Waals surface area contributed by atoms with Gasteiger partial charge in [-0.15, -0.1) is 0 Å². The zero-order chi connectivity index (χ0) is 17.9. The second-order valence-corrected chi connectivity index (χ2v) is 6.53. The van der Waals surface area contributed by atoms with Crippen molar-refractivity contribution in [3.05, 3.63) is 55.6 Å². The molecule has 3 aromatic heterocycles. The van der Waals surface area contributed by atoms with Crippen LogP contribution < -0.4 is 5.32 Å². The maximum Gasteiger partial charge on any atom is 0.246 e. The first-order chi connectivity index (χ1) is 12.7. The highest BCUT2D eigenvalue weighted by Crippen LogP contribution is 2.29. The summed E-state index contributed by atoms with van der Waals surface area (Å²) in [6, 6.07) is 6.31. The van der Waals surface area contributed by atoms with E-state index in [9.17, 15) is 4.79 Å². The first-order valence-corrected chi connectivity index (χ1v) is 8.80. The molecule has 0 aliphatic carbocycles. The largest absolute Gasteiger partial charge is 0.379 e. The summed E-state index contributed by atoms with van der Waals surface area (Å²) in [5, 5.41) is 4.60. The van der Waals surface area contributed by atoms with Gasteiger partial charge in [-0.1, -0.05) is 6.58 Å². The summed E-state index contributed by atoms with van der Waals surface area (Å²) in [6.45, 7) is 5.07. The number of carbonyl (C=O) groups is 1. The van der Waals surface area contributed by atoms with Gasteiger partial charge in [0.15, 0.2) is 0 Å². The van der Waals surface area contributed by atoms with E-state index in [0.717, 1.165) is 47.2 Å². The highest BCUT2D eigenvalue weighted by atomic mass is 16.2. The monoisotopic (exact) mass is 347 g/mol. The van der Waals surface area contributed by atoms with Gasteiger partial charge in [0, 0.05) is 48.7 Å². The third-order valence-electron chi connectivity index (χ3n) is 4.80. The van der Waals surface area contributed by atoms with E-state index in [1.54, 1.807) is 12.4 Å². The predicted molar refractivity (Wildman–Crippen MR) is 103 cm³/mol. The average Bonchev–Trinajstić information content (AvgIpc) is 3.11. The number of aromatic amines is 1. The lowest BCUT2D eigenvalue weighted by molar-refractivity contribution is -0.127. The summed E-state index contributed by atoms with van der Waals surface area (Å²) in [6.07, 6.45) is 10.8. The van der Waals surface area contributed by atoms with Gasteiger partial charge < -0.3 is 15.2 Å². The van der Waals surface area contributed by atoms with Crippen molar-refractivity contribution in [3.8, 4) is 11.1 Å². The smallest absolute Gasteiger partial charge is 0.246 e. The van der Waals surface area contributed by atoms with Crippen molar-refractivity contribution in [2.45, 2.75) is 18.9 Å². The zero-order valence-electron chi connectivity index (χ0n) is 14.5. The molecule has 0 bridgehead atoms. The van der Waals surface area contributed by atoms with Gasteiger partial charge in [0.1, 0.15) is 5.65 Å². The molecular formula is C20H21N5O. The van der Waals surface area contributed by atoms with Crippen LogP contribution in [0.25, 0.3) is 22.2 Å². The van der Waals surface area contributed by atoms with Gasteiger partial charge in [-0.3, -0.25) is 9.78 Å². The Morgan fingerprint density at radius 2 is 2.23 bits per heavy atom. The van der Waals surface area contributed by atoms with Crippen LogP contribution in [-0.4, -0.2) is 44.9 Å². The number of rotatable bonds is 4. The summed E-state index contributed by atoms with van der Waals surface area (Å²) in [5.74, 6) is -0.00400. The zero-order valence-corrected chi connectivity index (χ0v) is 14.5. The number of hydrogen-bond donors (Lipinski definition) is 2. The lowest BCUT2D eigenvalue weighted by Gasteiger charge is -2.33. The van der Waals surface area contributed by atoms with Crippen LogP contribution in [0.15, 0.2) is 55.6 Å². The molecule has 1 saturated heterocycles. The van der Waals surface area contributed by atoms with E-state index in [1.165, 1.54) is 6.08 Å². The van der Waals surface area contributed by atoms with E-state index < -0.39 is 0 Å². The van der Waals surface area contributed by atoms with Gasteiger partial charge in [-0.25, -0.2) is 4.98 Å². The van der Waals surface area contributed by atoms with Crippen LogP contribution in [0, 0.1) is 0 Å². The Bertz CT molecular complexity index is 934. The number of nitrogens with zero attached hydrogens (tertiary/aromatic N) is 3.